The molecule has 630 valence electrons. The van der Waals surface area contributed by atoms with Crippen molar-refractivity contribution in [3.8, 4) is 11.1 Å². The number of nitrogens with zero attached hydrogens (tertiary/aromatic N) is 3. The Morgan fingerprint density at radius 2 is 0.393 bits per heavy atom. The number of furan rings is 3. The molecule has 0 saturated carbocycles. The Hall–Kier alpha value is -17.6. The van der Waals surface area contributed by atoms with E-state index < -0.39 is 0 Å². The van der Waals surface area contributed by atoms with Crippen molar-refractivity contribution in [1.82, 2.24) is 0 Å². The first kappa shape index (κ1) is 77.3. The Balaban J connectivity index is 0.000000103. The third kappa shape index (κ3) is 13.3. The Bertz CT molecular complexity index is 9910. The molecule has 0 amide bonds. The molecule has 4 heterocycles. The van der Waals surface area contributed by atoms with E-state index in [1.807, 2.05) is 47.7 Å². The lowest BCUT2D eigenvalue weighted by atomic mass is 9.96. The van der Waals surface area contributed by atoms with Crippen molar-refractivity contribution in [2.75, 3.05) is 14.7 Å². The van der Waals surface area contributed by atoms with Crippen molar-refractivity contribution < 1.29 is 13.3 Å². The molecule has 6 nitrogen and oxygen atoms in total. The van der Waals surface area contributed by atoms with Crippen LogP contribution in [-0.4, -0.2) is 0 Å². The number of anilines is 9. The molecule has 0 atom stereocenters. The van der Waals surface area contributed by atoms with E-state index in [9.17, 15) is 0 Å². The van der Waals surface area contributed by atoms with Gasteiger partial charge in [0.1, 0.15) is 33.5 Å². The fourth-order valence-corrected chi connectivity index (χ4v) is 22.2. The predicted octanol–water partition coefficient (Wildman–Crippen LogP) is 37.9. The number of fused-ring (bicyclic) bond motifs is 29. The van der Waals surface area contributed by atoms with Crippen molar-refractivity contribution in [1.29, 1.82) is 0 Å². The summed E-state index contributed by atoms with van der Waals surface area (Å²) in [5, 5.41) is 37.0. The van der Waals surface area contributed by atoms with E-state index >= 15 is 0 Å². The lowest BCUT2D eigenvalue weighted by molar-refractivity contribution is 0.668. The van der Waals surface area contributed by atoms with Gasteiger partial charge in [-0.2, -0.15) is 0 Å². The van der Waals surface area contributed by atoms with Crippen molar-refractivity contribution in [3.63, 3.8) is 0 Å². The fraction of sp³-hybridized carbons (Fsp3) is 0. The van der Waals surface area contributed by atoms with Gasteiger partial charge >= 0.3 is 0 Å². The second-order valence-corrected chi connectivity index (χ2v) is 36.4. The first-order valence-electron chi connectivity index (χ1n) is 46.0. The van der Waals surface area contributed by atoms with Gasteiger partial charge in [0, 0.05) is 116 Å². The molecule has 0 aliphatic carbocycles. The zero-order valence-corrected chi connectivity index (χ0v) is 73.9. The Kier molecular flexibility index (Phi) is 18.1. The maximum Gasteiger partial charge on any atom is 0.137 e. The molecule has 0 spiro atoms. The van der Waals surface area contributed by atoms with Crippen molar-refractivity contribution in [3.05, 3.63) is 479 Å². The quantitative estimate of drug-likeness (QED) is 0.127. The maximum atomic E-state index is 6.34. The molecular weight excluding hydrogens is 1660 g/mol. The first-order chi connectivity index (χ1) is 66.8. The third-order valence-electron chi connectivity index (χ3n) is 27.6. The summed E-state index contributed by atoms with van der Waals surface area (Å²) in [6.07, 6.45) is 0. The van der Waals surface area contributed by atoms with Gasteiger partial charge in [-0.05, 0) is 281 Å². The highest BCUT2D eigenvalue weighted by Crippen LogP contribution is 2.49. The zero-order chi connectivity index (χ0) is 88.7. The molecule has 29 aromatic rings. The van der Waals surface area contributed by atoms with E-state index in [1.165, 1.54) is 150 Å². The van der Waals surface area contributed by atoms with Gasteiger partial charge in [-0.25, -0.2) is 0 Å². The van der Waals surface area contributed by atoms with E-state index in [2.05, 4.69) is 458 Å². The Labute approximate surface area is 779 Å². The van der Waals surface area contributed by atoms with Crippen LogP contribution in [0.1, 0.15) is 0 Å². The zero-order valence-electron chi connectivity index (χ0n) is 73.1. The molecule has 0 N–H and O–H groups in total. The minimum absolute atomic E-state index is 0.868. The molecular formula is C128H79N3O3S. The Morgan fingerprint density at radius 1 is 0.126 bits per heavy atom. The van der Waals surface area contributed by atoms with E-state index in [1.54, 1.807) is 0 Å². The van der Waals surface area contributed by atoms with Crippen molar-refractivity contribution >= 4 is 267 Å². The Morgan fingerprint density at radius 3 is 0.904 bits per heavy atom. The molecule has 29 rings (SSSR count). The van der Waals surface area contributed by atoms with E-state index in [-0.39, 0.29) is 0 Å². The number of hydrogen-bond acceptors (Lipinski definition) is 7. The summed E-state index contributed by atoms with van der Waals surface area (Å²) in [5.41, 5.74) is 17.6. The maximum absolute atomic E-state index is 6.34. The molecule has 0 aliphatic heterocycles. The molecule has 25 aromatic carbocycles. The minimum Gasteiger partial charge on any atom is -0.456 e. The van der Waals surface area contributed by atoms with Crippen LogP contribution in [0.3, 0.4) is 0 Å². The first-order valence-corrected chi connectivity index (χ1v) is 46.8. The molecule has 0 unspecified atom stereocenters. The molecule has 0 fully saturated rings. The average Bonchev–Trinajstić information content (AvgIpc) is 1.74. The van der Waals surface area contributed by atoms with Gasteiger partial charge in [-0.15, -0.1) is 11.3 Å². The number of rotatable bonds is 10. The third-order valence-corrected chi connectivity index (χ3v) is 28.8. The smallest absolute Gasteiger partial charge is 0.137 e. The van der Waals surface area contributed by atoms with Crippen LogP contribution in [0.5, 0.6) is 0 Å². The molecule has 7 heteroatoms. The standard InChI is InChI=1S/C46H29NS.C42H25NO2.C40H25NO/c1-2-9-34-27-35(14-13-30(34)7-1)31-15-20-36(21-16-31)47(38-23-26-46-44(29-38)42-11-5-6-12-45(42)48-46)37-22-17-33-19-24-40-39-10-4-3-8-32(39)18-25-41(40)43(33)28-37;1-2-8-31-26(7-1)13-18-34-32-20-15-28(23-27(32)14-19-33(31)34)43(29-17-22-41-38(24-29)36-10-4-6-12-40(36)44-41)30-16-21-37-35-9-3-5-11-39(35)45-42(37)25-30;1-2-9-28-23-30(16-13-26(28)7-1)41(32-18-22-38-37-11-5-6-12-39(37)42-40(38)25-32)31-17-21-34-29(24-31)15-20-35-33-10-4-3-8-27(33)14-19-36(34)35/h1-29H;1-25H;1-25H. The van der Waals surface area contributed by atoms with Crippen molar-refractivity contribution in [2.24, 2.45) is 0 Å². The summed E-state index contributed by atoms with van der Waals surface area (Å²) < 4.78 is 21.5. The number of thiophene rings is 1. The van der Waals surface area contributed by atoms with E-state index in [0.29, 0.717) is 0 Å². The van der Waals surface area contributed by atoms with Crippen LogP contribution in [0.4, 0.5) is 51.2 Å². The van der Waals surface area contributed by atoms with E-state index in [4.69, 9.17) is 13.3 Å². The highest BCUT2D eigenvalue weighted by Gasteiger charge is 2.24. The topological polar surface area (TPSA) is 49.1 Å². The number of hydrogen-bond donors (Lipinski definition) is 0. The van der Waals surface area contributed by atoms with Crippen LogP contribution in [-0.2, 0) is 0 Å². The number of para-hydroxylation sites is 3. The monoisotopic (exact) mass is 1740 g/mol. The van der Waals surface area contributed by atoms with Crippen LogP contribution in [0, 0.1) is 0 Å². The summed E-state index contributed by atoms with van der Waals surface area (Å²) in [5.74, 6) is 0. The lowest BCUT2D eigenvalue weighted by Gasteiger charge is -2.26. The van der Waals surface area contributed by atoms with Crippen LogP contribution >= 0.6 is 11.3 Å². The van der Waals surface area contributed by atoms with E-state index in [0.717, 1.165) is 117 Å². The fourth-order valence-electron chi connectivity index (χ4n) is 21.1. The normalized spacial score (nSPS) is 11.9. The summed E-state index contributed by atoms with van der Waals surface area (Å²) in [6, 6.07) is 173. The van der Waals surface area contributed by atoms with Gasteiger partial charge in [0.15, 0.2) is 0 Å². The van der Waals surface area contributed by atoms with Gasteiger partial charge in [-0.1, -0.05) is 315 Å². The lowest BCUT2D eigenvalue weighted by Crippen LogP contribution is -2.09. The number of benzene rings is 25. The largest absolute Gasteiger partial charge is 0.456 e. The highest BCUT2D eigenvalue weighted by atomic mass is 32.1. The summed E-state index contributed by atoms with van der Waals surface area (Å²) in [7, 11) is 0. The second kappa shape index (κ2) is 31.6. The molecule has 0 saturated heterocycles. The second-order valence-electron chi connectivity index (χ2n) is 35.3. The molecule has 0 aliphatic rings. The molecule has 0 radical (unpaired) electrons. The van der Waals surface area contributed by atoms with Gasteiger partial charge in [0.05, 0.1) is 0 Å². The summed E-state index contributed by atoms with van der Waals surface area (Å²) in [4.78, 5) is 7.07. The van der Waals surface area contributed by atoms with Gasteiger partial charge in [0.25, 0.3) is 0 Å². The van der Waals surface area contributed by atoms with Gasteiger partial charge < -0.3 is 28.0 Å². The SMILES string of the molecule is c1ccc2c(c1)ccc1c3ccc(N(c4ccc5c(c4)oc4ccccc45)c4ccc5oc6ccccc6c5c4)cc3ccc21.c1ccc2cc(-c3ccc(N(c4ccc5ccc6c7ccccc7ccc6c5c4)c4ccc5sc6ccccc6c5c4)cc3)ccc2c1.c1ccc2cc(N(c3ccc4c(ccc5c6ccccc6ccc45)c3)c3ccc4c(c3)oc3ccccc34)ccc2c1. The highest BCUT2D eigenvalue weighted by molar-refractivity contribution is 7.25. The summed E-state index contributed by atoms with van der Waals surface area (Å²) >= 11 is 1.86. The minimum atomic E-state index is 0.868. The van der Waals surface area contributed by atoms with Crippen LogP contribution in [0.2, 0.25) is 0 Å². The summed E-state index contributed by atoms with van der Waals surface area (Å²) in [6.45, 7) is 0. The van der Waals surface area contributed by atoms with Gasteiger partial charge in [0.2, 0.25) is 0 Å². The predicted molar refractivity (Wildman–Crippen MR) is 576 cm³/mol. The molecule has 4 aromatic heterocycles. The average molecular weight is 1740 g/mol. The van der Waals surface area contributed by atoms with Crippen LogP contribution in [0.25, 0.3) is 216 Å². The molecule has 0 bridgehead atoms. The van der Waals surface area contributed by atoms with Gasteiger partial charge in [-0.3, -0.25) is 0 Å². The van der Waals surface area contributed by atoms with Crippen LogP contribution in [0.15, 0.2) is 492 Å². The molecule has 135 heavy (non-hydrogen) atoms. The van der Waals surface area contributed by atoms with Crippen LogP contribution < -0.4 is 14.7 Å². The van der Waals surface area contributed by atoms with Crippen molar-refractivity contribution in [2.45, 2.75) is 0 Å².